The minimum absolute atomic E-state index is 0.0170. The third-order valence-electron chi connectivity index (χ3n) is 5.31. The van der Waals surface area contributed by atoms with Crippen molar-refractivity contribution in [2.24, 2.45) is 0 Å². The van der Waals surface area contributed by atoms with Crippen LogP contribution in [0.3, 0.4) is 0 Å². The predicted octanol–water partition coefficient (Wildman–Crippen LogP) is 5.25. The van der Waals surface area contributed by atoms with Crippen LogP contribution in [0, 0.1) is 6.92 Å². The molecule has 2 heterocycles. The molecule has 0 atom stereocenters. The van der Waals surface area contributed by atoms with Crippen molar-refractivity contribution in [1.29, 1.82) is 0 Å². The number of carbonyl (C=O) groups excluding carboxylic acids is 2. The van der Waals surface area contributed by atoms with E-state index in [-0.39, 0.29) is 11.8 Å². The lowest BCUT2D eigenvalue weighted by molar-refractivity contribution is 0.0988. The molecule has 0 aliphatic carbocycles. The van der Waals surface area contributed by atoms with Gasteiger partial charge < -0.3 is 10.2 Å². The van der Waals surface area contributed by atoms with Crippen LogP contribution in [0.5, 0.6) is 0 Å². The minimum Gasteiger partial charge on any atom is -0.321 e. The smallest absolute Gasteiger partial charge is 0.267 e. The highest BCUT2D eigenvalue weighted by Gasteiger charge is 2.25. The van der Waals surface area contributed by atoms with E-state index in [0.29, 0.717) is 22.7 Å². The lowest BCUT2D eigenvalue weighted by Crippen LogP contribution is -2.28. The van der Waals surface area contributed by atoms with E-state index in [0.717, 1.165) is 42.1 Å². The van der Waals surface area contributed by atoms with E-state index in [2.05, 4.69) is 23.3 Å². The molecule has 0 spiro atoms. The van der Waals surface area contributed by atoms with E-state index in [1.807, 2.05) is 30.0 Å². The maximum Gasteiger partial charge on any atom is 0.267 e. The van der Waals surface area contributed by atoms with Crippen LogP contribution in [-0.2, 0) is 12.8 Å². The zero-order valence-corrected chi connectivity index (χ0v) is 18.1. The number of nitrogens with zero attached hydrogens (tertiary/aromatic N) is 2. The van der Waals surface area contributed by atoms with Crippen LogP contribution in [0.1, 0.15) is 56.1 Å². The number of amides is 2. The molecule has 6 heteroatoms. The van der Waals surface area contributed by atoms with Crippen molar-refractivity contribution in [2.75, 3.05) is 16.8 Å². The van der Waals surface area contributed by atoms with Crippen LogP contribution in [0.4, 0.5) is 11.4 Å². The Bertz CT molecular complexity index is 1070. The molecule has 2 amide bonds. The first-order valence-electron chi connectivity index (χ1n) is 10.3. The summed E-state index contributed by atoms with van der Waals surface area (Å²) >= 11 is 1.46. The van der Waals surface area contributed by atoms with E-state index in [9.17, 15) is 9.59 Å². The van der Waals surface area contributed by atoms with Gasteiger partial charge in [-0.1, -0.05) is 31.5 Å². The molecule has 0 fully saturated rings. The second-order valence-corrected chi connectivity index (χ2v) is 8.58. The van der Waals surface area contributed by atoms with Crippen LogP contribution >= 0.6 is 11.3 Å². The number of hydrogen-bond donors (Lipinski definition) is 1. The Hall–Kier alpha value is -2.99. The van der Waals surface area contributed by atoms with Gasteiger partial charge in [-0.3, -0.25) is 9.59 Å². The summed E-state index contributed by atoms with van der Waals surface area (Å²) in [6.45, 7) is 4.71. The number of benzene rings is 2. The number of para-hydroxylation sites is 1. The lowest BCUT2D eigenvalue weighted by atomic mass is 10.1. The number of unbranched alkanes of at least 4 members (excludes halogenated alkanes) is 1. The molecule has 0 bridgehead atoms. The first-order chi connectivity index (χ1) is 14.6. The van der Waals surface area contributed by atoms with Crippen LogP contribution in [0.2, 0.25) is 0 Å². The fourth-order valence-corrected chi connectivity index (χ4v) is 4.69. The highest BCUT2D eigenvalue weighted by atomic mass is 32.1. The van der Waals surface area contributed by atoms with Gasteiger partial charge in [0.15, 0.2) is 0 Å². The molecule has 1 aromatic heterocycles. The molecule has 0 saturated carbocycles. The van der Waals surface area contributed by atoms with E-state index in [1.165, 1.54) is 16.9 Å². The second-order valence-electron chi connectivity index (χ2n) is 7.49. The molecule has 1 aliphatic rings. The molecule has 154 valence electrons. The normalized spacial score (nSPS) is 12.7. The van der Waals surface area contributed by atoms with Crippen molar-refractivity contribution in [3.05, 3.63) is 75.2 Å². The highest BCUT2D eigenvalue weighted by molar-refractivity contribution is 7.13. The Labute approximate surface area is 180 Å². The summed E-state index contributed by atoms with van der Waals surface area (Å²) in [4.78, 5) is 32.6. The first kappa shape index (κ1) is 20.3. The summed E-state index contributed by atoms with van der Waals surface area (Å²) in [7, 11) is 0. The Morgan fingerprint density at radius 2 is 1.90 bits per heavy atom. The average Bonchev–Trinajstić information content (AvgIpc) is 3.35. The average molecular weight is 420 g/mol. The van der Waals surface area contributed by atoms with Gasteiger partial charge in [0.1, 0.15) is 4.88 Å². The van der Waals surface area contributed by atoms with Crippen molar-refractivity contribution < 1.29 is 9.59 Å². The molecule has 5 nitrogen and oxygen atoms in total. The standard InChI is InChI=1S/C24H25N3O2S/c1-3-4-9-21-25-16(2)22(30-21)23(28)26-19-12-10-18(11-13-19)24(29)27-15-14-17-7-5-6-8-20(17)27/h5-8,10-13H,3-4,9,14-15H2,1-2H3,(H,26,28). The molecule has 1 N–H and O–H groups in total. The first-order valence-corrected chi connectivity index (χ1v) is 11.2. The third kappa shape index (κ3) is 4.14. The number of thiazole rings is 1. The molecular weight excluding hydrogens is 394 g/mol. The van der Waals surface area contributed by atoms with Gasteiger partial charge in [0.2, 0.25) is 0 Å². The molecule has 3 aromatic rings. The predicted molar refractivity (Wildman–Crippen MR) is 122 cm³/mol. The molecule has 0 saturated heterocycles. The van der Waals surface area contributed by atoms with Crippen molar-refractivity contribution in [3.8, 4) is 0 Å². The van der Waals surface area contributed by atoms with Gasteiger partial charge in [-0.05, 0) is 62.1 Å². The fourth-order valence-electron chi connectivity index (χ4n) is 3.69. The molecule has 30 heavy (non-hydrogen) atoms. The van der Waals surface area contributed by atoms with E-state index < -0.39 is 0 Å². The van der Waals surface area contributed by atoms with Crippen molar-refractivity contribution in [3.63, 3.8) is 0 Å². The summed E-state index contributed by atoms with van der Waals surface area (Å²) in [5.74, 6) is -0.169. The summed E-state index contributed by atoms with van der Waals surface area (Å²) in [5.41, 5.74) is 4.23. The van der Waals surface area contributed by atoms with Crippen LogP contribution in [-0.4, -0.2) is 23.3 Å². The maximum absolute atomic E-state index is 12.9. The quantitative estimate of drug-likeness (QED) is 0.594. The Morgan fingerprint density at radius 1 is 1.13 bits per heavy atom. The maximum atomic E-state index is 12.9. The fraction of sp³-hybridized carbons (Fsp3) is 0.292. The minimum atomic E-state index is -0.153. The molecule has 2 aromatic carbocycles. The van der Waals surface area contributed by atoms with Crippen LogP contribution in [0.25, 0.3) is 0 Å². The number of aryl methyl sites for hydroxylation is 2. The van der Waals surface area contributed by atoms with Crippen molar-refractivity contribution in [1.82, 2.24) is 4.98 Å². The van der Waals surface area contributed by atoms with Gasteiger partial charge in [-0.25, -0.2) is 4.98 Å². The van der Waals surface area contributed by atoms with Gasteiger partial charge in [0.25, 0.3) is 11.8 Å². The Kier molecular flexibility index (Phi) is 5.95. The lowest BCUT2D eigenvalue weighted by Gasteiger charge is -2.17. The Balaban J connectivity index is 1.43. The van der Waals surface area contributed by atoms with Crippen molar-refractivity contribution >= 4 is 34.5 Å². The molecule has 1 aliphatic heterocycles. The van der Waals surface area contributed by atoms with Gasteiger partial charge in [-0.2, -0.15) is 0 Å². The number of carbonyl (C=O) groups is 2. The number of nitrogens with one attached hydrogen (secondary N) is 1. The zero-order valence-electron chi connectivity index (χ0n) is 17.3. The third-order valence-corrected chi connectivity index (χ3v) is 6.53. The zero-order chi connectivity index (χ0) is 21.1. The van der Waals surface area contributed by atoms with Gasteiger partial charge in [0.05, 0.1) is 10.7 Å². The molecule has 4 rings (SSSR count). The summed E-state index contributed by atoms with van der Waals surface area (Å²) in [6, 6.07) is 15.1. The molecule has 0 unspecified atom stereocenters. The molecule has 0 radical (unpaired) electrons. The van der Waals surface area contributed by atoms with E-state index >= 15 is 0 Å². The van der Waals surface area contributed by atoms with Crippen LogP contribution < -0.4 is 10.2 Å². The second kappa shape index (κ2) is 8.79. The molecular formula is C24H25N3O2S. The Morgan fingerprint density at radius 3 is 2.67 bits per heavy atom. The van der Waals surface area contributed by atoms with E-state index in [4.69, 9.17) is 0 Å². The number of rotatable bonds is 6. The van der Waals surface area contributed by atoms with Gasteiger partial charge >= 0.3 is 0 Å². The van der Waals surface area contributed by atoms with Crippen LogP contribution in [0.15, 0.2) is 48.5 Å². The monoisotopic (exact) mass is 419 g/mol. The van der Waals surface area contributed by atoms with Crippen molar-refractivity contribution in [2.45, 2.75) is 39.5 Å². The highest BCUT2D eigenvalue weighted by Crippen LogP contribution is 2.29. The number of aromatic nitrogens is 1. The number of fused-ring (bicyclic) bond motifs is 1. The van der Waals surface area contributed by atoms with Gasteiger partial charge in [0, 0.05) is 23.5 Å². The number of hydrogen-bond acceptors (Lipinski definition) is 4. The summed E-state index contributed by atoms with van der Waals surface area (Å²) in [5, 5.41) is 3.93. The topological polar surface area (TPSA) is 62.3 Å². The van der Waals surface area contributed by atoms with Gasteiger partial charge in [-0.15, -0.1) is 11.3 Å². The van der Waals surface area contributed by atoms with E-state index in [1.54, 1.807) is 24.3 Å². The summed E-state index contributed by atoms with van der Waals surface area (Å²) in [6.07, 6.45) is 3.97. The number of anilines is 2. The summed E-state index contributed by atoms with van der Waals surface area (Å²) < 4.78 is 0. The largest absolute Gasteiger partial charge is 0.321 e. The SMILES string of the molecule is CCCCc1nc(C)c(C(=O)Nc2ccc(C(=O)N3CCc4ccccc43)cc2)s1.